The lowest BCUT2D eigenvalue weighted by Crippen LogP contribution is -2.61. The highest BCUT2D eigenvalue weighted by Crippen LogP contribution is 2.26. The van der Waals surface area contributed by atoms with E-state index < -0.39 is 59.9 Å². The molecule has 1 rings (SSSR count). The highest BCUT2D eigenvalue weighted by Gasteiger charge is 2.48. The molecule has 13 heteroatoms. The maximum absolute atomic E-state index is 13.0. The molecule has 0 aromatic heterocycles. The molecular weight excluding hydrogens is 787 g/mol. The second-order valence-corrected chi connectivity index (χ2v) is 18.1. The Morgan fingerprint density at radius 1 is 0.650 bits per heavy atom. The molecule has 0 aromatic carbocycles. The highest BCUT2D eigenvalue weighted by atomic mass is 32.3. The van der Waals surface area contributed by atoms with Crippen molar-refractivity contribution in [3.63, 3.8) is 0 Å². The van der Waals surface area contributed by atoms with Crippen LogP contribution in [0.4, 0.5) is 0 Å². The van der Waals surface area contributed by atoms with Crippen LogP contribution in [0.1, 0.15) is 213 Å². The average molecular weight is 876 g/mol. The third-order valence-electron chi connectivity index (χ3n) is 11.5. The molecule has 6 N–H and O–H groups in total. The van der Waals surface area contributed by atoms with Gasteiger partial charge in [0.25, 0.3) is 0 Å². The van der Waals surface area contributed by atoms with Crippen LogP contribution in [0.3, 0.4) is 0 Å². The lowest BCUT2D eigenvalue weighted by molar-refractivity contribution is -0.298. The first-order valence-corrected chi connectivity index (χ1v) is 25.6. The molecule has 354 valence electrons. The van der Waals surface area contributed by atoms with E-state index >= 15 is 0 Å². The number of carbonyl (C=O) groups is 1. The van der Waals surface area contributed by atoms with Crippen molar-refractivity contribution in [2.75, 3.05) is 13.2 Å². The summed E-state index contributed by atoms with van der Waals surface area (Å²) in [6.45, 7) is 3.38. The molecular formula is C47H89NO11S. The first-order valence-electron chi connectivity index (χ1n) is 24.2. The van der Waals surface area contributed by atoms with Gasteiger partial charge in [0.15, 0.2) is 6.29 Å². The zero-order chi connectivity index (χ0) is 44.1. The largest absolute Gasteiger partial charge is 0.397 e. The summed E-state index contributed by atoms with van der Waals surface area (Å²) < 4.78 is 47.6. The van der Waals surface area contributed by atoms with Crippen molar-refractivity contribution in [1.82, 2.24) is 5.32 Å². The smallest absolute Gasteiger partial charge is 0.394 e. The minimum absolute atomic E-state index is 0.264. The van der Waals surface area contributed by atoms with Gasteiger partial charge in [-0.1, -0.05) is 186 Å². The average Bonchev–Trinajstić information content (AvgIpc) is 3.22. The van der Waals surface area contributed by atoms with Crippen LogP contribution < -0.4 is 5.32 Å². The van der Waals surface area contributed by atoms with E-state index in [4.69, 9.17) is 9.47 Å². The van der Waals surface area contributed by atoms with Gasteiger partial charge in [-0.3, -0.25) is 9.35 Å². The lowest BCUT2D eigenvalue weighted by atomic mass is 9.99. The second-order valence-electron chi connectivity index (χ2n) is 17.0. The molecule has 0 radical (unpaired) electrons. The number of unbranched alkanes of at least 4 members (excludes halogenated alkanes) is 27. The Morgan fingerprint density at radius 2 is 1.07 bits per heavy atom. The molecule has 1 fully saturated rings. The summed E-state index contributed by atoms with van der Waals surface area (Å²) in [6.07, 6.45) is 35.0. The van der Waals surface area contributed by atoms with E-state index in [-0.39, 0.29) is 18.9 Å². The number of nitrogens with one attached hydrogen (secondary N) is 1. The van der Waals surface area contributed by atoms with E-state index in [0.717, 1.165) is 38.5 Å². The predicted molar refractivity (Wildman–Crippen MR) is 241 cm³/mol. The standard InChI is InChI=1S/C47H89NO11S/c1-3-5-7-9-11-13-15-17-18-19-20-21-22-23-24-25-27-29-31-33-35-37-43(51)48-40(41(50)36-34-32-30-28-26-16-14-12-10-8-6-4-2)39-57-47-45(53)46(59-60(54,55)56)44(52)42(38-49)58-47/h17-18,34,36,40-42,44-47,49-50,52-53H,3-16,19-33,35,37-39H2,1-2H3,(H,48,51)(H,54,55,56)/b18-17-,36-34+/t40-,41+,42+,44-,45+,46-,47+/m0/s1. The summed E-state index contributed by atoms with van der Waals surface area (Å²) in [5.74, 6) is -0.264. The van der Waals surface area contributed by atoms with Crippen LogP contribution in [0.2, 0.25) is 0 Å². The number of allylic oxidation sites excluding steroid dienone is 3. The molecule has 0 spiro atoms. The van der Waals surface area contributed by atoms with Crippen LogP contribution >= 0.6 is 0 Å². The maximum atomic E-state index is 13.0. The molecule has 0 unspecified atom stereocenters. The molecule has 0 aromatic rings. The topological polar surface area (TPSA) is 192 Å². The van der Waals surface area contributed by atoms with Crippen LogP contribution in [0, 0.1) is 0 Å². The third-order valence-corrected chi connectivity index (χ3v) is 11.9. The fraction of sp³-hybridized carbons (Fsp3) is 0.894. The minimum atomic E-state index is -5.08. The van der Waals surface area contributed by atoms with Gasteiger partial charge in [0.2, 0.25) is 5.91 Å². The van der Waals surface area contributed by atoms with E-state index in [1.165, 1.54) is 148 Å². The highest BCUT2D eigenvalue weighted by molar-refractivity contribution is 7.80. The number of aliphatic hydroxyl groups is 4. The van der Waals surface area contributed by atoms with Crippen LogP contribution in [0.25, 0.3) is 0 Å². The maximum Gasteiger partial charge on any atom is 0.397 e. The summed E-state index contributed by atoms with van der Waals surface area (Å²) >= 11 is 0. The van der Waals surface area contributed by atoms with Gasteiger partial charge in [-0.2, -0.15) is 8.42 Å². The van der Waals surface area contributed by atoms with E-state index in [1.807, 2.05) is 6.08 Å². The quantitative estimate of drug-likeness (QED) is 0.0195. The van der Waals surface area contributed by atoms with Gasteiger partial charge in [-0.05, 0) is 44.9 Å². The van der Waals surface area contributed by atoms with E-state index in [1.54, 1.807) is 6.08 Å². The first kappa shape index (κ1) is 56.6. The van der Waals surface area contributed by atoms with Crippen molar-refractivity contribution >= 4 is 16.3 Å². The molecule has 1 amide bonds. The molecule has 12 nitrogen and oxygen atoms in total. The number of ether oxygens (including phenoxy) is 2. The van der Waals surface area contributed by atoms with Crippen molar-refractivity contribution in [2.24, 2.45) is 0 Å². The molecule has 1 aliphatic rings. The number of rotatable bonds is 41. The Labute approximate surface area is 365 Å². The zero-order valence-corrected chi connectivity index (χ0v) is 38.6. The van der Waals surface area contributed by atoms with Crippen molar-refractivity contribution in [3.8, 4) is 0 Å². The Hall–Kier alpha value is -1.42. The molecule has 0 aliphatic carbocycles. The van der Waals surface area contributed by atoms with E-state index in [0.29, 0.717) is 6.42 Å². The van der Waals surface area contributed by atoms with E-state index in [2.05, 4.69) is 35.5 Å². The molecule has 1 heterocycles. The Kier molecular flexibility index (Phi) is 35.9. The normalized spacial score (nSPS) is 20.9. The van der Waals surface area contributed by atoms with Gasteiger partial charge in [-0.15, -0.1) is 0 Å². The second kappa shape index (κ2) is 38.1. The summed E-state index contributed by atoms with van der Waals surface area (Å²) in [7, 11) is -5.08. The lowest BCUT2D eigenvalue weighted by Gasteiger charge is -2.41. The fourth-order valence-corrected chi connectivity index (χ4v) is 8.19. The molecule has 60 heavy (non-hydrogen) atoms. The monoisotopic (exact) mass is 876 g/mol. The van der Waals surface area contributed by atoms with Gasteiger partial charge in [0, 0.05) is 6.42 Å². The minimum Gasteiger partial charge on any atom is -0.394 e. The van der Waals surface area contributed by atoms with Crippen molar-refractivity contribution in [2.45, 2.75) is 256 Å². The Balaban J connectivity index is 2.44. The predicted octanol–water partition coefficient (Wildman–Crippen LogP) is 9.72. The van der Waals surface area contributed by atoms with Crippen LogP contribution in [-0.2, 0) is 28.9 Å². The van der Waals surface area contributed by atoms with Gasteiger partial charge >= 0.3 is 10.4 Å². The Morgan fingerprint density at radius 3 is 1.50 bits per heavy atom. The fourth-order valence-electron chi connectivity index (χ4n) is 7.68. The number of hydrogen-bond donors (Lipinski definition) is 6. The van der Waals surface area contributed by atoms with Crippen molar-refractivity contribution < 1.29 is 51.8 Å². The van der Waals surface area contributed by atoms with Crippen LogP contribution in [0.15, 0.2) is 24.3 Å². The van der Waals surface area contributed by atoms with Gasteiger partial charge in [0.05, 0.1) is 25.4 Å². The van der Waals surface area contributed by atoms with E-state index in [9.17, 15) is 38.2 Å². The molecule has 0 bridgehead atoms. The van der Waals surface area contributed by atoms with Gasteiger partial charge in [-0.25, -0.2) is 4.18 Å². The number of amides is 1. The van der Waals surface area contributed by atoms with Crippen LogP contribution in [0.5, 0.6) is 0 Å². The molecule has 1 aliphatic heterocycles. The van der Waals surface area contributed by atoms with Gasteiger partial charge in [0.1, 0.15) is 24.4 Å². The Bertz CT molecular complexity index is 1170. The number of aliphatic hydroxyl groups excluding tert-OH is 4. The molecule has 7 atom stereocenters. The summed E-state index contributed by atoms with van der Waals surface area (Å²) in [4.78, 5) is 13.0. The summed E-state index contributed by atoms with van der Waals surface area (Å²) in [6, 6.07) is -0.941. The SMILES string of the molecule is CCCCCCCC/C=C\CCCCCCCCCCCCCC(=O)N[C@@H](CO[C@@H]1O[C@H](CO)[C@H](O)[C@H](OS(=O)(=O)O)[C@H]1O)[C@H](O)/C=C/CCCCCCCCCCCC. The summed E-state index contributed by atoms with van der Waals surface area (Å²) in [5, 5.41) is 44.7. The number of hydrogen-bond acceptors (Lipinski definition) is 10. The number of carbonyl (C=O) groups excluding carboxylic acids is 1. The van der Waals surface area contributed by atoms with Crippen molar-refractivity contribution in [3.05, 3.63) is 24.3 Å². The van der Waals surface area contributed by atoms with Crippen molar-refractivity contribution in [1.29, 1.82) is 0 Å². The molecule has 0 saturated carbocycles. The first-order chi connectivity index (χ1) is 29.0. The third kappa shape index (κ3) is 30.6. The van der Waals surface area contributed by atoms with Crippen LogP contribution in [-0.4, -0.2) is 95.4 Å². The van der Waals surface area contributed by atoms with Gasteiger partial charge < -0.3 is 35.2 Å². The molecule has 1 saturated heterocycles. The zero-order valence-electron chi connectivity index (χ0n) is 37.8. The summed E-state index contributed by atoms with van der Waals surface area (Å²) in [5.41, 5.74) is 0.